The summed E-state index contributed by atoms with van der Waals surface area (Å²) in [6, 6.07) is 18.4. The predicted molar refractivity (Wildman–Crippen MR) is 143 cm³/mol. The van der Waals surface area contributed by atoms with E-state index in [0.29, 0.717) is 11.6 Å². The van der Waals surface area contributed by atoms with E-state index in [-0.39, 0.29) is 12.2 Å². The average Bonchev–Trinajstić information content (AvgIpc) is 2.87. The van der Waals surface area contributed by atoms with Crippen molar-refractivity contribution in [1.82, 2.24) is 9.97 Å². The van der Waals surface area contributed by atoms with Crippen LogP contribution in [0.4, 0.5) is 11.5 Å². The highest BCUT2D eigenvalue weighted by Gasteiger charge is 2.23. The molecule has 2 atom stereocenters. The van der Waals surface area contributed by atoms with Crippen LogP contribution < -0.4 is 4.90 Å². The molecule has 0 bridgehead atoms. The van der Waals surface area contributed by atoms with Gasteiger partial charge in [0.1, 0.15) is 5.82 Å². The van der Waals surface area contributed by atoms with Crippen LogP contribution in [-0.4, -0.2) is 35.3 Å². The predicted octanol–water partition coefficient (Wildman–Crippen LogP) is 7.25. The standard InChI is InChI=1S/C30H30N4O/c1-19(2)29-26-8-6-7-25(22-9-12-24(31-5)13-10-22)30(26)33-16-27(29)23-11-14-28(32-15-23)34-17-20(3)35-21(4)18-34/h6-16,19-21H,17-18H2,1-4H3/t20-,21+. The van der Waals surface area contributed by atoms with Crippen molar-refractivity contribution in [2.45, 2.75) is 45.8 Å². The van der Waals surface area contributed by atoms with Crippen molar-refractivity contribution >= 4 is 22.4 Å². The van der Waals surface area contributed by atoms with E-state index in [2.05, 4.69) is 67.8 Å². The number of pyridine rings is 2. The first-order valence-electron chi connectivity index (χ1n) is 12.2. The highest BCUT2D eigenvalue weighted by molar-refractivity contribution is 5.98. The van der Waals surface area contributed by atoms with Crippen molar-refractivity contribution in [3.63, 3.8) is 0 Å². The Hall–Kier alpha value is -3.75. The van der Waals surface area contributed by atoms with E-state index in [9.17, 15) is 0 Å². The monoisotopic (exact) mass is 462 g/mol. The Kier molecular flexibility index (Phi) is 6.23. The van der Waals surface area contributed by atoms with Gasteiger partial charge in [-0.25, -0.2) is 9.83 Å². The number of benzene rings is 2. The molecule has 3 heterocycles. The maximum Gasteiger partial charge on any atom is 0.187 e. The van der Waals surface area contributed by atoms with E-state index in [1.807, 2.05) is 36.7 Å². The number of ether oxygens (including phenoxy) is 1. The quantitative estimate of drug-likeness (QED) is 0.300. The molecule has 0 amide bonds. The van der Waals surface area contributed by atoms with Gasteiger partial charge in [0.2, 0.25) is 0 Å². The van der Waals surface area contributed by atoms with Gasteiger partial charge in [0.25, 0.3) is 0 Å². The van der Waals surface area contributed by atoms with Gasteiger partial charge in [-0.1, -0.05) is 56.3 Å². The molecule has 35 heavy (non-hydrogen) atoms. The van der Waals surface area contributed by atoms with Gasteiger partial charge in [0, 0.05) is 47.6 Å². The molecule has 1 saturated heterocycles. The highest BCUT2D eigenvalue weighted by Crippen LogP contribution is 2.38. The van der Waals surface area contributed by atoms with Crippen LogP contribution in [0.1, 0.15) is 39.2 Å². The minimum Gasteiger partial charge on any atom is -0.372 e. The molecule has 1 aliphatic rings. The van der Waals surface area contributed by atoms with E-state index in [4.69, 9.17) is 21.3 Å². The average molecular weight is 463 g/mol. The lowest BCUT2D eigenvalue weighted by Crippen LogP contribution is -2.45. The van der Waals surface area contributed by atoms with Crippen LogP contribution in [0.2, 0.25) is 0 Å². The molecular formula is C30H30N4O. The third-order valence-corrected chi connectivity index (χ3v) is 6.63. The van der Waals surface area contributed by atoms with Gasteiger partial charge in [-0.2, -0.15) is 0 Å². The zero-order valence-corrected chi connectivity index (χ0v) is 20.7. The molecule has 5 nitrogen and oxygen atoms in total. The fourth-order valence-corrected chi connectivity index (χ4v) is 5.14. The van der Waals surface area contributed by atoms with Gasteiger partial charge in [0.05, 0.1) is 24.3 Å². The summed E-state index contributed by atoms with van der Waals surface area (Å²) >= 11 is 0. The number of para-hydroxylation sites is 1. The fraction of sp³-hybridized carbons (Fsp3) is 0.300. The second-order valence-corrected chi connectivity index (χ2v) is 9.67. The summed E-state index contributed by atoms with van der Waals surface area (Å²) in [6.45, 7) is 17.6. The first kappa shape index (κ1) is 23.0. The topological polar surface area (TPSA) is 42.6 Å². The number of nitrogens with zero attached hydrogens (tertiary/aromatic N) is 4. The van der Waals surface area contributed by atoms with E-state index >= 15 is 0 Å². The Morgan fingerprint density at radius 1 is 0.886 bits per heavy atom. The van der Waals surface area contributed by atoms with Crippen molar-refractivity contribution in [2.75, 3.05) is 18.0 Å². The number of hydrogen-bond donors (Lipinski definition) is 0. The molecule has 1 fully saturated rings. The fourth-order valence-electron chi connectivity index (χ4n) is 5.14. The maximum atomic E-state index is 7.22. The Morgan fingerprint density at radius 2 is 1.60 bits per heavy atom. The molecule has 4 aromatic rings. The summed E-state index contributed by atoms with van der Waals surface area (Å²) in [5.74, 6) is 1.30. The lowest BCUT2D eigenvalue weighted by Gasteiger charge is -2.36. The molecule has 2 aromatic carbocycles. The Labute approximate surface area is 207 Å². The molecule has 0 aliphatic carbocycles. The molecule has 0 spiro atoms. The number of fused-ring (bicyclic) bond motifs is 1. The molecule has 2 aromatic heterocycles. The van der Waals surface area contributed by atoms with Crippen LogP contribution >= 0.6 is 0 Å². The SMILES string of the molecule is [C-]#[N+]c1ccc(-c2cccc3c(C(C)C)c(-c4ccc(N5C[C@@H](C)O[C@@H](C)C5)nc4)cnc23)cc1. The molecule has 0 saturated carbocycles. The Morgan fingerprint density at radius 3 is 2.23 bits per heavy atom. The normalized spacial score (nSPS) is 18.1. The van der Waals surface area contributed by atoms with Gasteiger partial charge in [0.15, 0.2) is 5.69 Å². The second-order valence-electron chi connectivity index (χ2n) is 9.67. The first-order chi connectivity index (χ1) is 16.9. The molecule has 5 heteroatoms. The number of rotatable bonds is 4. The smallest absolute Gasteiger partial charge is 0.187 e. The van der Waals surface area contributed by atoms with Crippen LogP contribution in [0.15, 0.2) is 67.0 Å². The molecule has 0 unspecified atom stereocenters. The van der Waals surface area contributed by atoms with Gasteiger partial charge >= 0.3 is 0 Å². The summed E-state index contributed by atoms with van der Waals surface area (Å²) in [7, 11) is 0. The maximum absolute atomic E-state index is 7.22. The number of aromatic nitrogens is 2. The third kappa shape index (κ3) is 4.50. The lowest BCUT2D eigenvalue weighted by atomic mass is 9.89. The molecule has 1 aliphatic heterocycles. The van der Waals surface area contributed by atoms with Crippen molar-refractivity contribution in [2.24, 2.45) is 0 Å². The minimum atomic E-state index is 0.198. The first-order valence-corrected chi connectivity index (χ1v) is 12.2. The van der Waals surface area contributed by atoms with E-state index in [1.165, 1.54) is 5.56 Å². The third-order valence-electron chi connectivity index (χ3n) is 6.63. The number of hydrogen-bond acceptors (Lipinski definition) is 4. The van der Waals surface area contributed by atoms with Crippen LogP contribution in [0.3, 0.4) is 0 Å². The van der Waals surface area contributed by atoms with Crippen molar-refractivity contribution in [3.05, 3.63) is 84.0 Å². The summed E-state index contributed by atoms with van der Waals surface area (Å²) in [4.78, 5) is 15.6. The van der Waals surface area contributed by atoms with Crippen LogP contribution in [0, 0.1) is 6.57 Å². The van der Waals surface area contributed by atoms with Crippen molar-refractivity contribution < 1.29 is 4.74 Å². The summed E-state index contributed by atoms with van der Waals surface area (Å²) in [5.41, 5.74) is 7.25. The highest BCUT2D eigenvalue weighted by atomic mass is 16.5. The van der Waals surface area contributed by atoms with Gasteiger partial charge < -0.3 is 9.64 Å². The van der Waals surface area contributed by atoms with Crippen molar-refractivity contribution in [1.29, 1.82) is 0 Å². The zero-order chi connectivity index (χ0) is 24.5. The molecule has 0 N–H and O–H groups in total. The minimum absolute atomic E-state index is 0.198. The van der Waals surface area contributed by atoms with E-state index in [0.717, 1.165) is 52.1 Å². The number of morpholine rings is 1. The van der Waals surface area contributed by atoms with Crippen LogP contribution in [0.25, 0.3) is 38.0 Å². The lowest BCUT2D eigenvalue weighted by molar-refractivity contribution is -0.00545. The molecule has 176 valence electrons. The van der Waals surface area contributed by atoms with E-state index < -0.39 is 0 Å². The zero-order valence-electron chi connectivity index (χ0n) is 20.7. The summed E-state index contributed by atoms with van der Waals surface area (Å²) in [5, 5.41) is 1.16. The Balaban J connectivity index is 1.56. The largest absolute Gasteiger partial charge is 0.372 e. The molecular weight excluding hydrogens is 432 g/mol. The summed E-state index contributed by atoms with van der Waals surface area (Å²) < 4.78 is 5.88. The second kappa shape index (κ2) is 9.48. The number of anilines is 1. The van der Waals surface area contributed by atoms with Gasteiger partial charge in [-0.3, -0.25) is 4.98 Å². The Bertz CT molecular complexity index is 1380. The van der Waals surface area contributed by atoms with Gasteiger partial charge in [-0.15, -0.1) is 0 Å². The van der Waals surface area contributed by atoms with Gasteiger partial charge in [-0.05, 0) is 43.0 Å². The summed E-state index contributed by atoms with van der Waals surface area (Å²) in [6.07, 6.45) is 4.36. The van der Waals surface area contributed by atoms with Crippen LogP contribution in [-0.2, 0) is 4.74 Å². The molecule has 5 rings (SSSR count). The molecule has 0 radical (unpaired) electrons. The van der Waals surface area contributed by atoms with Crippen molar-refractivity contribution in [3.8, 4) is 22.3 Å². The van der Waals surface area contributed by atoms with E-state index in [1.54, 1.807) is 0 Å². The van der Waals surface area contributed by atoms with Crippen LogP contribution in [0.5, 0.6) is 0 Å².